The minimum Gasteiger partial charge on any atom is -0.237 e. The molecule has 0 saturated carbocycles. The Morgan fingerprint density at radius 2 is 2.15 bits per heavy atom. The van der Waals surface area contributed by atoms with E-state index in [0.29, 0.717) is 0 Å². The highest BCUT2D eigenvalue weighted by Gasteiger charge is 2.05. The van der Waals surface area contributed by atoms with E-state index in [1.807, 2.05) is 0 Å². The topological polar surface area (TPSA) is 17.8 Å². The Balaban J connectivity index is 2.57. The molecule has 0 saturated heterocycles. The Hall–Kier alpha value is -1.71. The van der Waals surface area contributed by atoms with Crippen LogP contribution in [0, 0.1) is 17.8 Å². The van der Waals surface area contributed by atoms with E-state index in [4.69, 9.17) is 0 Å². The first kappa shape index (κ1) is 7.91. The van der Waals surface area contributed by atoms with Gasteiger partial charge in [-0.3, -0.25) is 0 Å². The van der Waals surface area contributed by atoms with Crippen molar-refractivity contribution < 1.29 is 8.78 Å². The second-order valence-electron chi connectivity index (χ2n) is 2.49. The summed E-state index contributed by atoms with van der Waals surface area (Å²) in [5.41, 5.74) is 0.0845. The van der Waals surface area contributed by atoms with Crippen LogP contribution in [0.25, 0.3) is 5.69 Å². The number of benzene rings is 1. The predicted octanol–water partition coefficient (Wildman–Crippen LogP) is 1.95. The maximum absolute atomic E-state index is 13.1. The maximum Gasteiger partial charge on any atom is 0.149 e. The number of hydrogen-bond acceptors (Lipinski definition) is 1. The third kappa shape index (κ3) is 1.42. The third-order valence-electron chi connectivity index (χ3n) is 1.61. The van der Waals surface area contributed by atoms with Gasteiger partial charge in [-0.25, -0.2) is 13.5 Å². The summed E-state index contributed by atoms with van der Waals surface area (Å²) in [6, 6.07) is 4.72. The summed E-state index contributed by atoms with van der Waals surface area (Å²) < 4.78 is 27.0. The highest BCUT2D eigenvalue weighted by Crippen LogP contribution is 2.13. The van der Waals surface area contributed by atoms with Crippen LogP contribution in [0.1, 0.15) is 0 Å². The van der Waals surface area contributed by atoms with E-state index >= 15 is 0 Å². The van der Waals surface area contributed by atoms with Crippen molar-refractivity contribution in [3.05, 3.63) is 48.3 Å². The second kappa shape index (κ2) is 2.97. The van der Waals surface area contributed by atoms with E-state index < -0.39 is 11.6 Å². The van der Waals surface area contributed by atoms with Crippen LogP contribution in [0.3, 0.4) is 0 Å². The molecule has 0 unspecified atom stereocenters. The van der Waals surface area contributed by atoms with Crippen molar-refractivity contribution in [2.45, 2.75) is 0 Å². The zero-order chi connectivity index (χ0) is 9.26. The zero-order valence-electron chi connectivity index (χ0n) is 6.54. The van der Waals surface area contributed by atoms with Gasteiger partial charge in [0, 0.05) is 12.3 Å². The summed E-state index contributed by atoms with van der Waals surface area (Å²) >= 11 is 0. The van der Waals surface area contributed by atoms with Gasteiger partial charge in [0.15, 0.2) is 0 Å². The van der Waals surface area contributed by atoms with Gasteiger partial charge in [-0.1, -0.05) is 0 Å². The van der Waals surface area contributed by atoms with Crippen LogP contribution >= 0.6 is 0 Å². The monoisotopic (exact) mass is 179 g/mol. The molecule has 2 aromatic rings. The summed E-state index contributed by atoms with van der Waals surface area (Å²) in [7, 11) is 0. The quantitative estimate of drug-likeness (QED) is 0.654. The van der Waals surface area contributed by atoms with Crippen molar-refractivity contribution in [3.8, 4) is 5.69 Å². The summed E-state index contributed by atoms with van der Waals surface area (Å²) in [5, 5.41) is 3.67. The molecule has 1 aromatic carbocycles. The smallest absolute Gasteiger partial charge is 0.149 e. The summed E-state index contributed by atoms with van der Waals surface area (Å²) in [5.74, 6) is -1.01. The second-order valence-corrected chi connectivity index (χ2v) is 2.49. The molecular formula is C9H5F2N2. The van der Waals surface area contributed by atoms with E-state index in [1.165, 1.54) is 16.9 Å². The molecule has 4 heteroatoms. The van der Waals surface area contributed by atoms with Gasteiger partial charge >= 0.3 is 0 Å². The average Bonchev–Trinajstić information content (AvgIpc) is 2.61. The molecule has 1 radical (unpaired) electrons. The zero-order valence-corrected chi connectivity index (χ0v) is 6.54. The summed E-state index contributed by atoms with van der Waals surface area (Å²) in [4.78, 5) is 0. The van der Waals surface area contributed by atoms with E-state index in [-0.39, 0.29) is 5.69 Å². The van der Waals surface area contributed by atoms with E-state index in [1.54, 1.807) is 0 Å². The molecule has 0 amide bonds. The lowest BCUT2D eigenvalue weighted by Gasteiger charge is -2.01. The van der Waals surface area contributed by atoms with Crippen LogP contribution in [-0.4, -0.2) is 9.78 Å². The van der Waals surface area contributed by atoms with Crippen LogP contribution in [0.2, 0.25) is 0 Å². The minimum atomic E-state index is -0.515. The van der Waals surface area contributed by atoms with Crippen molar-refractivity contribution in [2.75, 3.05) is 0 Å². The Labute approximate surface area is 73.4 Å². The molecule has 13 heavy (non-hydrogen) atoms. The van der Waals surface area contributed by atoms with Gasteiger partial charge in [-0.2, -0.15) is 5.10 Å². The molecule has 1 heterocycles. The predicted molar refractivity (Wildman–Crippen MR) is 42.3 cm³/mol. The largest absolute Gasteiger partial charge is 0.237 e. The van der Waals surface area contributed by atoms with Crippen LogP contribution in [0.15, 0.2) is 30.5 Å². The minimum absolute atomic E-state index is 0.0845. The molecule has 1 aromatic heterocycles. The molecule has 2 nitrogen and oxygen atoms in total. The van der Waals surface area contributed by atoms with Crippen molar-refractivity contribution in [3.63, 3.8) is 0 Å². The molecular weight excluding hydrogens is 174 g/mol. The normalized spacial score (nSPS) is 10.3. The Bertz CT molecular complexity index is 410. The molecule has 0 aliphatic carbocycles. The first-order chi connectivity index (χ1) is 6.27. The van der Waals surface area contributed by atoms with E-state index in [2.05, 4.69) is 11.3 Å². The lowest BCUT2D eigenvalue weighted by molar-refractivity contribution is 0.586. The number of hydrogen-bond donors (Lipinski definition) is 0. The van der Waals surface area contributed by atoms with Crippen LogP contribution < -0.4 is 0 Å². The molecule has 0 aliphatic rings. The Morgan fingerprint density at radius 1 is 1.31 bits per heavy atom. The first-order valence-electron chi connectivity index (χ1n) is 3.64. The number of aromatic nitrogens is 2. The van der Waals surface area contributed by atoms with Crippen LogP contribution in [0.5, 0.6) is 0 Å². The number of halogens is 2. The van der Waals surface area contributed by atoms with Gasteiger partial charge in [-0.05, 0) is 18.2 Å². The van der Waals surface area contributed by atoms with E-state index in [9.17, 15) is 8.78 Å². The van der Waals surface area contributed by atoms with Crippen molar-refractivity contribution in [1.82, 2.24) is 9.78 Å². The van der Waals surface area contributed by atoms with Gasteiger partial charge in [0.25, 0.3) is 0 Å². The van der Waals surface area contributed by atoms with Gasteiger partial charge < -0.3 is 0 Å². The van der Waals surface area contributed by atoms with Gasteiger partial charge in [0.05, 0.1) is 0 Å². The summed E-state index contributed by atoms with van der Waals surface area (Å²) in [6.07, 6.45) is 4.00. The number of nitrogens with zero attached hydrogens (tertiary/aromatic N) is 2. The average molecular weight is 179 g/mol. The summed E-state index contributed by atoms with van der Waals surface area (Å²) in [6.45, 7) is 0. The number of rotatable bonds is 1. The molecule has 0 fully saturated rings. The fraction of sp³-hybridized carbons (Fsp3) is 0. The fourth-order valence-electron chi connectivity index (χ4n) is 1.03. The van der Waals surface area contributed by atoms with Gasteiger partial charge in [0.1, 0.15) is 23.5 Å². The first-order valence-corrected chi connectivity index (χ1v) is 3.64. The standard InChI is InChI=1S/C9H5F2N2/c10-7-2-3-8(11)9(6-7)13-5-1-4-12-13/h1-3,5-6H. The Morgan fingerprint density at radius 3 is 2.85 bits per heavy atom. The third-order valence-corrected chi connectivity index (χ3v) is 1.61. The maximum atomic E-state index is 13.1. The molecule has 0 N–H and O–H groups in total. The Kier molecular flexibility index (Phi) is 1.81. The SMILES string of the molecule is Fc1ccc(F)c(-n2cc[c]n2)c1. The molecule has 2 rings (SSSR count). The van der Waals surface area contributed by atoms with Crippen molar-refractivity contribution in [2.24, 2.45) is 0 Å². The molecule has 0 atom stereocenters. The molecule has 0 aliphatic heterocycles. The van der Waals surface area contributed by atoms with E-state index in [0.717, 1.165) is 18.2 Å². The molecule has 0 spiro atoms. The van der Waals surface area contributed by atoms with Gasteiger partial charge in [0.2, 0.25) is 0 Å². The lowest BCUT2D eigenvalue weighted by Crippen LogP contribution is -1.98. The van der Waals surface area contributed by atoms with Gasteiger partial charge in [-0.15, -0.1) is 0 Å². The van der Waals surface area contributed by atoms with Crippen LogP contribution in [0.4, 0.5) is 8.78 Å². The highest BCUT2D eigenvalue weighted by atomic mass is 19.1. The van der Waals surface area contributed by atoms with Crippen molar-refractivity contribution >= 4 is 0 Å². The lowest BCUT2D eigenvalue weighted by atomic mass is 10.3. The fourth-order valence-corrected chi connectivity index (χ4v) is 1.03. The van der Waals surface area contributed by atoms with Crippen molar-refractivity contribution in [1.29, 1.82) is 0 Å². The van der Waals surface area contributed by atoms with Crippen LogP contribution in [-0.2, 0) is 0 Å². The molecule has 0 bridgehead atoms. The molecule has 65 valence electrons. The highest BCUT2D eigenvalue weighted by molar-refractivity contribution is 5.32.